The molecule has 3 nitrogen and oxygen atoms in total. The van der Waals surface area contributed by atoms with Gasteiger partial charge in [-0.25, -0.2) is 0 Å². The summed E-state index contributed by atoms with van der Waals surface area (Å²) in [5.74, 6) is 0. The predicted molar refractivity (Wildman–Crippen MR) is 61.7 cm³/mol. The lowest BCUT2D eigenvalue weighted by Crippen LogP contribution is -2.01. The second-order valence-electron chi connectivity index (χ2n) is 3.56. The Balaban J connectivity index is 1.92. The molecule has 1 atom stereocenters. The molecule has 0 aromatic carbocycles. The zero-order valence-electron chi connectivity index (χ0n) is 9.21. The monoisotopic (exact) mass is 214 g/mol. The van der Waals surface area contributed by atoms with Crippen LogP contribution in [0.4, 0.5) is 0 Å². The Kier molecular flexibility index (Phi) is 3.62. The Morgan fingerprint density at radius 2 is 2.12 bits per heavy atom. The van der Waals surface area contributed by atoms with Gasteiger partial charge in [-0.15, -0.1) is 0 Å². The van der Waals surface area contributed by atoms with E-state index >= 15 is 0 Å². The van der Waals surface area contributed by atoms with Gasteiger partial charge in [0.25, 0.3) is 0 Å². The van der Waals surface area contributed by atoms with Gasteiger partial charge in [-0.3, -0.25) is 9.97 Å². The maximum Gasteiger partial charge on any atom is 0.0896 e. The van der Waals surface area contributed by atoms with Crippen molar-refractivity contribution in [3.8, 4) is 0 Å². The van der Waals surface area contributed by atoms with Crippen LogP contribution in [-0.2, 0) is 11.3 Å². The molecule has 0 aliphatic heterocycles. The molecule has 3 heteroatoms. The second-order valence-corrected chi connectivity index (χ2v) is 3.56. The zero-order valence-corrected chi connectivity index (χ0v) is 9.21. The molecule has 0 N–H and O–H groups in total. The Morgan fingerprint density at radius 1 is 1.19 bits per heavy atom. The summed E-state index contributed by atoms with van der Waals surface area (Å²) in [6.07, 6.45) is 5.39. The molecule has 0 radical (unpaired) electrons. The summed E-state index contributed by atoms with van der Waals surface area (Å²) >= 11 is 0. The highest BCUT2D eigenvalue weighted by molar-refractivity contribution is 5.11. The van der Waals surface area contributed by atoms with Crippen molar-refractivity contribution in [1.82, 2.24) is 9.97 Å². The number of ether oxygens (including phenoxy) is 1. The molecule has 1 unspecified atom stereocenters. The van der Waals surface area contributed by atoms with Crippen molar-refractivity contribution in [2.75, 3.05) is 0 Å². The molecule has 2 aromatic rings. The van der Waals surface area contributed by atoms with Crippen molar-refractivity contribution >= 4 is 0 Å². The molecule has 0 saturated heterocycles. The molecule has 2 heterocycles. The Hall–Kier alpha value is -1.74. The summed E-state index contributed by atoms with van der Waals surface area (Å²) in [6, 6.07) is 9.73. The molecular formula is C13H14N2O. The predicted octanol–water partition coefficient (Wildman–Crippen LogP) is 2.75. The van der Waals surface area contributed by atoms with E-state index in [0.717, 1.165) is 11.3 Å². The molecule has 0 aliphatic rings. The molecule has 0 bridgehead atoms. The van der Waals surface area contributed by atoms with Gasteiger partial charge in [0.05, 0.1) is 18.4 Å². The van der Waals surface area contributed by atoms with Gasteiger partial charge in [-0.1, -0.05) is 12.1 Å². The van der Waals surface area contributed by atoms with Gasteiger partial charge in [0.15, 0.2) is 0 Å². The highest BCUT2D eigenvalue weighted by Gasteiger charge is 2.05. The summed E-state index contributed by atoms with van der Waals surface area (Å²) in [7, 11) is 0. The number of rotatable bonds is 4. The van der Waals surface area contributed by atoms with Crippen LogP contribution in [0.25, 0.3) is 0 Å². The molecule has 2 aromatic heterocycles. The minimum Gasteiger partial charge on any atom is -0.367 e. The average molecular weight is 214 g/mol. The third-order valence-electron chi connectivity index (χ3n) is 2.36. The van der Waals surface area contributed by atoms with Crippen LogP contribution in [0.2, 0.25) is 0 Å². The van der Waals surface area contributed by atoms with E-state index in [2.05, 4.69) is 9.97 Å². The smallest absolute Gasteiger partial charge is 0.0896 e. The summed E-state index contributed by atoms with van der Waals surface area (Å²) in [6.45, 7) is 2.54. The average Bonchev–Trinajstić information content (AvgIpc) is 2.38. The summed E-state index contributed by atoms with van der Waals surface area (Å²) in [4.78, 5) is 8.27. The van der Waals surface area contributed by atoms with E-state index in [1.807, 2.05) is 43.5 Å². The third kappa shape index (κ3) is 2.87. The van der Waals surface area contributed by atoms with E-state index in [1.54, 1.807) is 12.4 Å². The molecule has 16 heavy (non-hydrogen) atoms. The molecule has 0 amide bonds. The van der Waals surface area contributed by atoms with Crippen molar-refractivity contribution in [3.63, 3.8) is 0 Å². The summed E-state index contributed by atoms with van der Waals surface area (Å²) in [5, 5.41) is 0. The quantitative estimate of drug-likeness (QED) is 0.785. The SMILES string of the molecule is CC(OCc1ccccn1)c1cccnc1. The number of nitrogens with zero attached hydrogens (tertiary/aromatic N) is 2. The maximum atomic E-state index is 5.71. The van der Waals surface area contributed by atoms with E-state index in [4.69, 9.17) is 4.74 Å². The second kappa shape index (κ2) is 5.37. The molecule has 82 valence electrons. The van der Waals surface area contributed by atoms with Crippen molar-refractivity contribution in [2.45, 2.75) is 19.6 Å². The fraction of sp³-hybridized carbons (Fsp3) is 0.231. The van der Waals surface area contributed by atoms with Crippen LogP contribution in [0.1, 0.15) is 24.3 Å². The number of hydrogen-bond acceptors (Lipinski definition) is 3. The van der Waals surface area contributed by atoms with Crippen LogP contribution >= 0.6 is 0 Å². The molecule has 0 aliphatic carbocycles. The van der Waals surface area contributed by atoms with Crippen molar-refractivity contribution in [3.05, 3.63) is 60.2 Å². The van der Waals surface area contributed by atoms with Crippen LogP contribution in [0.15, 0.2) is 48.9 Å². The number of aromatic nitrogens is 2. The van der Waals surface area contributed by atoms with Gasteiger partial charge in [0, 0.05) is 18.6 Å². The van der Waals surface area contributed by atoms with E-state index < -0.39 is 0 Å². The standard InChI is InChI=1S/C13H14N2O/c1-11(12-5-4-7-14-9-12)16-10-13-6-2-3-8-15-13/h2-9,11H,10H2,1H3. The van der Waals surface area contributed by atoms with Gasteiger partial charge in [0.1, 0.15) is 0 Å². The minimum atomic E-state index is 0.0377. The minimum absolute atomic E-state index is 0.0377. The van der Waals surface area contributed by atoms with Crippen molar-refractivity contribution in [2.24, 2.45) is 0 Å². The van der Waals surface area contributed by atoms with E-state index in [-0.39, 0.29) is 6.10 Å². The van der Waals surface area contributed by atoms with E-state index in [9.17, 15) is 0 Å². The van der Waals surface area contributed by atoms with Gasteiger partial charge in [-0.05, 0) is 30.7 Å². The maximum absolute atomic E-state index is 5.71. The summed E-state index contributed by atoms with van der Waals surface area (Å²) in [5.41, 5.74) is 2.02. The molecule has 0 saturated carbocycles. The lowest BCUT2D eigenvalue weighted by molar-refractivity contribution is 0.0503. The van der Waals surface area contributed by atoms with Gasteiger partial charge >= 0.3 is 0 Å². The topological polar surface area (TPSA) is 35.0 Å². The molecule has 0 fully saturated rings. The van der Waals surface area contributed by atoms with Gasteiger partial charge < -0.3 is 4.74 Å². The molecule has 2 rings (SSSR count). The fourth-order valence-corrected chi connectivity index (χ4v) is 1.41. The number of pyridine rings is 2. The first-order valence-corrected chi connectivity index (χ1v) is 5.27. The summed E-state index contributed by atoms with van der Waals surface area (Å²) < 4.78 is 5.71. The normalized spacial score (nSPS) is 12.3. The Morgan fingerprint density at radius 3 is 2.81 bits per heavy atom. The first kappa shape index (κ1) is 10.8. The van der Waals surface area contributed by atoms with Crippen LogP contribution in [0.5, 0.6) is 0 Å². The van der Waals surface area contributed by atoms with E-state index in [1.165, 1.54) is 0 Å². The molecule has 0 spiro atoms. The lowest BCUT2D eigenvalue weighted by atomic mass is 10.2. The first-order chi connectivity index (χ1) is 7.86. The first-order valence-electron chi connectivity index (χ1n) is 5.27. The largest absolute Gasteiger partial charge is 0.367 e. The van der Waals surface area contributed by atoms with Crippen LogP contribution in [0, 0.1) is 0 Å². The number of hydrogen-bond donors (Lipinski definition) is 0. The highest BCUT2D eigenvalue weighted by Crippen LogP contribution is 2.16. The highest BCUT2D eigenvalue weighted by atomic mass is 16.5. The van der Waals surface area contributed by atoms with Gasteiger partial charge in [-0.2, -0.15) is 0 Å². The third-order valence-corrected chi connectivity index (χ3v) is 2.36. The van der Waals surface area contributed by atoms with Crippen molar-refractivity contribution < 1.29 is 4.74 Å². The van der Waals surface area contributed by atoms with Crippen LogP contribution in [0.3, 0.4) is 0 Å². The molecular weight excluding hydrogens is 200 g/mol. The fourth-order valence-electron chi connectivity index (χ4n) is 1.41. The van der Waals surface area contributed by atoms with E-state index in [0.29, 0.717) is 6.61 Å². The van der Waals surface area contributed by atoms with Crippen molar-refractivity contribution in [1.29, 1.82) is 0 Å². The lowest BCUT2D eigenvalue weighted by Gasteiger charge is -2.12. The Labute approximate surface area is 95.1 Å². The zero-order chi connectivity index (χ0) is 11.2. The van der Waals surface area contributed by atoms with Gasteiger partial charge in [0.2, 0.25) is 0 Å². The van der Waals surface area contributed by atoms with Crippen LogP contribution in [-0.4, -0.2) is 9.97 Å². The Bertz CT molecular complexity index is 416. The van der Waals surface area contributed by atoms with Crippen LogP contribution < -0.4 is 0 Å².